The van der Waals surface area contributed by atoms with Crippen LogP contribution in [-0.4, -0.2) is 39.8 Å². The Kier molecular flexibility index (Phi) is 3.48. The van der Waals surface area contributed by atoms with Crippen molar-refractivity contribution >= 4 is 17.8 Å². The number of benzene rings is 1. The average Bonchev–Trinajstić information content (AvgIpc) is 3.17. The highest BCUT2D eigenvalue weighted by Crippen LogP contribution is 2.38. The molecule has 7 nitrogen and oxygen atoms in total. The Morgan fingerprint density at radius 2 is 1.96 bits per heavy atom. The lowest BCUT2D eigenvalue weighted by Crippen LogP contribution is -2.51. The zero-order valence-electron chi connectivity index (χ0n) is 13.1. The summed E-state index contributed by atoms with van der Waals surface area (Å²) < 4.78 is 7.12. The van der Waals surface area contributed by atoms with Gasteiger partial charge in [0.1, 0.15) is 18.0 Å². The number of carbonyl (C=O) groups is 2. The molecule has 1 spiro atoms. The Labute approximate surface area is 139 Å². The van der Waals surface area contributed by atoms with Crippen molar-refractivity contribution in [3.63, 3.8) is 0 Å². The quantitative estimate of drug-likeness (QED) is 0.915. The Bertz CT molecular complexity index is 763. The third-order valence-corrected chi connectivity index (χ3v) is 4.77. The second-order valence-electron chi connectivity index (χ2n) is 6.14. The van der Waals surface area contributed by atoms with Crippen LogP contribution in [0.1, 0.15) is 18.4 Å². The maximum atomic E-state index is 12.3. The Hall–Kier alpha value is -2.83. The molecule has 0 aliphatic carbocycles. The predicted molar refractivity (Wildman–Crippen MR) is 86.3 cm³/mol. The van der Waals surface area contributed by atoms with Crippen molar-refractivity contribution in [2.24, 2.45) is 0 Å². The topological polar surface area (TPSA) is 76.5 Å². The van der Waals surface area contributed by atoms with Crippen LogP contribution < -0.4 is 5.32 Å². The number of hydrogen-bond acceptors (Lipinski definition) is 4. The molecule has 124 valence electrons. The van der Waals surface area contributed by atoms with E-state index in [0.29, 0.717) is 25.9 Å². The number of piperidine rings is 1. The van der Waals surface area contributed by atoms with Crippen LogP contribution in [0, 0.1) is 0 Å². The van der Waals surface area contributed by atoms with E-state index in [2.05, 4.69) is 10.4 Å². The Balaban J connectivity index is 1.38. The lowest BCUT2D eigenvalue weighted by molar-refractivity contribution is -0.125. The van der Waals surface area contributed by atoms with Gasteiger partial charge in [0.2, 0.25) is 0 Å². The number of hydrogen-bond donors (Lipinski definition) is 1. The van der Waals surface area contributed by atoms with Crippen molar-refractivity contribution in [1.29, 1.82) is 0 Å². The van der Waals surface area contributed by atoms with E-state index in [1.54, 1.807) is 21.8 Å². The number of aromatic nitrogens is 2. The highest BCUT2D eigenvalue weighted by Gasteiger charge is 2.49. The van der Waals surface area contributed by atoms with Gasteiger partial charge in [-0.05, 0) is 18.4 Å². The second kappa shape index (κ2) is 5.67. The number of amides is 2. The summed E-state index contributed by atoms with van der Waals surface area (Å²) in [6.45, 7) is 1.20. The lowest BCUT2D eigenvalue weighted by Gasteiger charge is -2.37. The van der Waals surface area contributed by atoms with Gasteiger partial charge in [0.15, 0.2) is 0 Å². The number of nitrogens with one attached hydrogen (secondary N) is 1. The summed E-state index contributed by atoms with van der Waals surface area (Å²) in [5.41, 5.74) is 0.283. The smallest absolute Gasteiger partial charge is 0.410 e. The molecule has 1 fully saturated rings. The largest absolute Gasteiger partial charge is 0.445 e. The predicted octanol–water partition coefficient (Wildman–Crippen LogP) is 1.96. The molecule has 0 saturated carbocycles. The van der Waals surface area contributed by atoms with E-state index in [4.69, 9.17) is 4.74 Å². The number of carbonyl (C=O) groups excluding carboxylic acids is 2. The van der Waals surface area contributed by atoms with Crippen molar-refractivity contribution in [2.45, 2.75) is 25.0 Å². The minimum Gasteiger partial charge on any atom is -0.445 e. The first-order valence-corrected chi connectivity index (χ1v) is 8.01. The molecule has 1 aromatic carbocycles. The van der Waals surface area contributed by atoms with Gasteiger partial charge in [-0.15, -0.1) is 0 Å². The van der Waals surface area contributed by atoms with Gasteiger partial charge in [0, 0.05) is 19.2 Å². The van der Waals surface area contributed by atoms with Crippen molar-refractivity contribution in [1.82, 2.24) is 14.7 Å². The second-order valence-corrected chi connectivity index (χ2v) is 6.14. The SMILES string of the molecule is O=C(OCc1ccccc1)N1CCC2(CC1)C(=O)Nc1ccnn12. The van der Waals surface area contributed by atoms with E-state index < -0.39 is 5.54 Å². The molecule has 4 rings (SSSR count). The van der Waals surface area contributed by atoms with Crippen molar-refractivity contribution in [3.8, 4) is 0 Å². The summed E-state index contributed by atoms with van der Waals surface area (Å²) in [6.07, 6.45) is 2.41. The highest BCUT2D eigenvalue weighted by atomic mass is 16.6. The van der Waals surface area contributed by atoms with Crippen LogP contribution in [0.3, 0.4) is 0 Å². The molecule has 3 heterocycles. The minimum absolute atomic E-state index is 0.0390. The van der Waals surface area contributed by atoms with Gasteiger partial charge in [0.05, 0.1) is 6.20 Å². The summed E-state index contributed by atoms with van der Waals surface area (Å²) in [4.78, 5) is 26.2. The Morgan fingerprint density at radius 3 is 2.71 bits per heavy atom. The van der Waals surface area contributed by atoms with Gasteiger partial charge in [-0.1, -0.05) is 30.3 Å². The molecule has 0 radical (unpaired) electrons. The van der Waals surface area contributed by atoms with Gasteiger partial charge >= 0.3 is 6.09 Å². The molecular formula is C17H18N4O3. The molecule has 1 saturated heterocycles. The monoisotopic (exact) mass is 326 g/mol. The number of fused-ring (bicyclic) bond motifs is 2. The fourth-order valence-corrected chi connectivity index (χ4v) is 3.38. The van der Waals surface area contributed by atoms with E-state index in [0.717, 1.165) is 11.4 Å². The molecule has 7 heteroatoms. The summed E-state index contributed by atoms with van der Waals surface area (Å²) in [7, 11) is 0. The van der Waals surface area contributed by atoms with Gasteiger partial charge in [-0.3, -0.25) is 4.79 Å². The molecule has 1 aromatic heterocycles. The average molecular weight is 326 g/mol. The fraction of sp³-hybridized carbons (Fsp3) is 0.353. The van der Waals surface area contributed by atoms with Crippen LogP contribution in [0.4, 0.5) is 10.6 Å². The van der Waals surface area contributed by atoms with E-state index in [1.807, 2.05) is 30.3 Å². The molecule has 0 atom stereocenters. The Morgan fingerprint density at radius 1 is 1.21 bits per heavy atom. The first kappa shape index (κ1) is 14.7. The van der Waals surface area contributed by atoms with Gasteiger partial charge in [-0.2, -0.15) is 5.10 Å². The molecule has 0 bridgehead atoms. The van der Waals surface area contributed by atoms with Crippen molar-refractivity contribution < 1.29 is 14.3 Å². The van der Waals surface area contributed by atoms with E-state index >= 15 is 0 Å². The number of rotatable bonds is 2. The number of likely N-dealkylation sites (tertiary alicyclic amines) is 1. The van der Waals surface area contributed by atoms with E-state index in [1.165, 1.54) is 0 Å². The normalized spacial score (nSPS) is 18.3. The molecule has 2 amide bonds. The molecule has 1 N–H and O–H groups in total. The summed E-state index contributed by atoms with van der Waals surface area (Å²) >= 11 is 0. The molecule has 2 aromatic rings. The van der Waals surface area contributed by atoms with Gasteiger partial charge in [0.25, 0.3) is 5.91 Å². The summed E-state index contributed by atoms with van der Waals surface area (Å²) in [5.74, 6) is 0.683. The summed E-state index contributed by atoms with van der Waals surface area (Å²) in [5, 5.41) is 7.12. The van der Waals surface area contributed by atoms with E-state index in [9.17, 15) is 9.59 Å². The fourth-order valence-electron chi connectivity index (χ4n) is 3.38. The highest BCUT2D eigenvalue weighted by molar-refractivity contribution is 6.00. The molecule has 0 unspecified atom stereocenters. The van der Waals surface area contributed by atoms with Crippen LogP contribution >= 0.6 is 0 Å². The van der Waals surface area contributed by atoms with Gasteiger partial charge in [-0.25, -0.2) is 9.48 Å². The number of nitrogens with zero attached hydrogens (tertiary/aromatic N) is 3. The third kappa shape index (κ3) is 2.33. The van der Waals surface area contributed by atoms with Crippen molar-refractivity contribution in [2.75, 3.05) is 18.4 Å². The van der Waals surface area contributed by atoms with Crippen LogP contribution in [-0.2, 0) is 21.7 Å². The molecule has 2 aliphatic heterocycles. The first-order chi connectivity index (χ1) is 11.7. The van der Waals surface area contributed by atoms with Crippen LogP contribution in [0.2, 0.25) is 0 Å². The van der Waals surface area contributed by atoms with Crippen molar-refractivity contribution in [3.05, 3.63) is 48.2 Å². The minimum atomic E-state index is -0.672. The zero-order valence-corrected chi connectivity index (χ0v) is 13.1. The zero-order chi connectivity index (χ0) is 16.6. The van der Waals surface area contributed by atoms with Crippen LogP contribution in [0.15, 0.2) is 42.6 Å². The van der Waals surface area contributed by atoms with E-state index in [-0.39, 0.29) is 18.6 Å². The number of ether oxygens (including phenoxy) is 1. The van der Waals surface area contributed by atoms with Crippen LogP contribution in [0.25, 0.3) is 0 Å². The van der Waals surface area contributed by atoms with Crippen LogP contribution in [0.5, 0.6) is 0 Å². The molecular weight excluding hydrogens is 308 g/mol. The molecule has 2 aliphatic rings. The maximum Gasteiger partial charge on any atom is 0.410 e. The maximum absolute atomic E-state index is 12.3. The lowest BCUT2D eigenvalue weighted by atomic mass is 9.88. The van der Waals surface area contributed by atoms with Gasteiger partial charge < -0.3 is 15.0 Å². The third-order valence-electron chi connectivity index (χ3n) is 4.77. The molecule has 24 heavy (non-hydrogen) atoms. The first-order valence-electron chi connectivity index (χ1n) is 8.01. The standard InChI is InChI=1S/C17H18N4O3/c22-15-17(21-14(19-15)6-9-18-21)7-10-20(11-8-17)16(23)24-12-13-4-2-1-3-5-13/h1-6,9H,7-8,10-12H2,(H,19,22). The summed E-state index contributed by atoms with van der Waals surface area (Å²) in [6, 6.07) is 11.4. The number of anilines is 1.